The standard InChI is InChI=1S/C20H26N6/c1-14(2)18-6-9-26(10-8-22-18)20-23-7-5-19(25-20)24-17-4-3-15-12-21-13-16(15)11-17/h3-5,7,11,13-14,18,22H,6,8-10,12H2,1-2H3,(H,23,24,25). The number of aliphatic imine (C=N–C) groups is 1. The second-order valence-electron chi connectivity index (χ2n) is 7.33. The number of hydrogen-bond donors (Lipinski definition) is 2. The van der Waals surface area contributed by atoms with Crippen LogP contribution in [0.2, 0.25) is 0 Å². The third kappa shape index (κ3) is 3.70. The zero-order chi connectivity index (χ0) is 17.9. The van der Waals surface area contributed by atoms with Gasteiger partial charge in [-0.15, -0.1) is 0 Å². The maximum atomic E-state index is 4.74. The van der Waals surface area contributed by atoms with E-state index in [0.717, 1.165) is 50.1 Å². The van der Waals surface area contributed by atoms with Crippen LogP contribution in [0.4, 0.5) is 17.5 Å². The van der Waals surface area contributed by atoms with E-state index in [1.165, 1.54) is 11.1 Å². The van der Waals surface area contributed by atoms with Crippen molar-refractivity contribution in [2.75, 3.05) is 29.9 Å². The molecule has 4 rings (SSSR count). The quantitative estimate of drug-likeness (QED) is 0.887. The molecular weight excluding hydrogens is 324 g/mol. The Bertz CT molecular complexity index is 801. The molecule has 0 bridgehead atoms. The van der Waals surface area contributed by atoms with Crippen LogP contribution in [-0.2, 0) is 6.54 Å². The molecule has 0 spiro atoms. The van der Waals surface area contributed by atoms with E-state index >= 15 is 0 Å². The summed E-state index contributed by atoms with van der Waals surface area (Å²) < 4.78 is 0. The van der Waals surface area contributed by atoms with Crippen molar-refractivity contribution in [2.24, 2.45) is 10.9 Å². The zero-order valence-electron chi connectivity index (χ0n) is 15.4. The first-order valence-corrected chi connectivity index (χ1v) is 9.40. The number of rotatable bonds is 4. The molecule has 2 N–H and O–H groups in total. The van der Waals surface area contributed by atoms with Crippen LogP contribution in [0.15, 0.2) is 35.5 Å². The summed E-state index contributed by atoms with van der Waals surface area (Å²) in [6.07, 6.45) is 4.88. The SMILES string of the molecule is CC(C)C1CCN(c2nccc(Nc3ccc4c(c3)C=NC4)n2)CCN1. The van der Waals surface area contributed by atoms with Gasteiger partial charge in [-0.05, 0) is 41.7 Å². The Kier molecular flexibility index (Phi) is 4.84. The Labute approximate surface area is 154 Å². The Balaban J connectivity index is 1.47. The number of fused-ring (bicyclic) bond motifs is 1. The van der Waals surface area contributed by atoms with Crippen LogP contribution in [0, 0.1) is 5.92 Å². The van der Waals surface area contributed by atoms with E-state index in [4.69, 9.17) is 4.98 Å². The van der Waals surface area contributed by atoms with Crippen LogP contribution >= 0.6 is 0 Å². The van der Waals surface area contributed by atoms with Crippen LogP contribution in [0.25, 0.3) is 0 Å². The fourth-order valence-electron chi connectivity index (χ4n) is 3.56. The highest BCUT2D eigenvalue weighted by Gasteiger charge is 2.20. The largest absolute Gasteiger partial charge is 0.340 e. The highest BCUT2D eigenvalue weighted by atomic mass is 15.3. The van der Waals surface area contributed by atoms with Crippen LogP contribution in [-0.4, -0.2) is 41.9 Å². The summed E-state index contributed by atoms with van der Waals surface area (Å²) in [5.41, 5.74) is 3.48. The van der Waals surface area contributed by atoms with Crippen molar-refractivity contribution in [3.63, 3.8) is 0 Å². The number of benzene rings is 1. The third-order valence-electron chi connectivity index (χ3n) is 5.14. The van der Waals surface area contributed by atoms with Crippen molar-refractivity contribution < 1.29 is 0 Å². The highest BCUT2D eigenvalue weighted by Crippen LogP contribution is 2.23. The molecule has 1 aromatic heterocycles. The van der Waals surface area contributed by atoms with E-state index in [2.05, 4.69) is 57.6 Å². The van der Waals surface area contributed by atoms with E-state index in [1.807, 2.05) is 18.5 Å². The number of nitrogens with one attached hydrogen (secondary N) is 2. The van der Waals surface area contributed by atoms with E-state index in [0.29, 0.717) is 12.0 Å². The van der Waals surface area contributed by atoms with Crippen molar-refractivity contribution in [2.45, 2.75) is 32.9 Å². The second kappa shape index (κ2) is 7.41. The predicted octanol–water partition coefficient (Wildman–Crippen LogP) is 2.98. The summed E-state index contributed by atoms with van der Waals surface area (Å²) in [7, 11) is 0. The maximum Gasteiger partial charge on any atom is 0.227 e. The van der Waals surface area contributed by atoms with Gasteiger partial charge in [0, 0.05) is 43.8 Å². The smallest absolute Gasteiger partial charge is 0.227 e. The lowest BCUT2D eigenvalue weighted by Crippen LogP contribution is -2.34. The van der Waals surface area contributed by atoms with Gasteiger partial charge < -0.3 is 15.5 Å². The number of nitrogens with zero attached hydrogens (tertiary/aromatic N) is 4. The molecule has 0 amide bonds. The fourth-order valence-corrected chi connectivity index (χ4v) is 3.56. The monoisotopic (exact) mass is 350 g/mol. The summed E-state index contributed by atoms with van der Waals surface area (Å²) in [5.74, 6) is 2.26. The Morgan fingerprint density at radius 2 is 2.15 bits per heavy atom. The van der Waals surface area contributed by atoms with Gasteiger partial charge in [0.25, 0.3) is 0 Å². The molecule has 6 nitrogen and oxygen atoms in total. The molecule has 2 aliphatic heterocycles. The molecular formula is C20H26N6. The molecule has 1 unspecified atom stereocenters. The van der Waals surface area contributed by atoms with Gasteiger partial charge in [0.1, 0.15) is 5.82 Å². The van der Waals surface area contributed by atoms with Gasteiger partial charge >= 0.3 is 0 Å². The topological polar surface area (TPSA) is 65.4 Å². The van der Waals surface area contributed by atoms with Crippen LogP contribution in [0.1, 0.15) is 31.4 Å². The Morgan fingerprint density at radius 3 is 3.04 bits per heavy atom. The third-order valence-corrected chi connectivity index (χ3v) is 5.14. The number of hydrogen-bond acceptors (Lipinski definition) is 6. The van der Waals surface area contributed by atoms with Crippen LogP contribution < -0.4 is 15.5 Å². The number of aromatic nitrogens is 2. The molecule has 6 heteroatoms. The molecule has 3 heterocycles. The molecule has 0 saturated carbocycles. The lowest BCUT2D eigenvalue weighted by molar-refractivity contribution is 0.403. The molecule has 1 aromatic carbocycles. The van der Waals surface area contributed by atoms with E-state index in [-0.39, 0.29) is 0 Å². The molecule has 1 fully saturated rings. The first-order valence-electron chi connectivity index (χ1n) is 9.40. The van der Waals surface area contributed by atoms with Crippen molar-refractivity contribution >= 4 is 23.7 Å². The molecule has 2 aliphatic rings. The van der Waals surface area contributed by atoms with E-state index < -0.39 is 0 Å². The fraction of sp³-hybridized carbons (Fsp3) is 0.450. The van der Waals surface area contributed by atoms with Crippen LogP contribution in [0.5, 0.6) is 0 Å². The van der Waals surface area contributed by atoms with Gasteiger partial charge in [-0.1, -0.05) is 19.9 Å². The van der Waals surface area contributed by atoms with Crippen molar-refractivity contribution in [3.8, 4) is 0 Å². The van der Waals surface area contributed by atoms with Gasteiger partial charge in [0.15, 0.2) is 0 Å². The molecule has 1 saturated heterocycles. The summed E-state index contributed by atoms with van der Waals surface area (Å²) >= 11 is 0. The molecule has 2 aromatic rings. The first kappa shape index (κ1) is 17.0. The van der Waals surface area contributed by atoms with Gasteiger partial charge in [-0.25, -0.2) is 4.98 Å². The van der Waals surface area contributed by atoms with E-state index in [1.54, 1.807) is 0 Å². The predicted molar refractivity (Wildman–Crippen MR) is 107 cm³/mol. The lowest BCUT2D eigenvalue weighted by Gasteiger charge is -2.21. The maximum absolute atomic E-state index is 4.74. The molecule has 1 atom stereocenters. The van der Waals surface area contributed by atoms with E-state index in [9.17, 15) is 0 Å². The summed E-state index contributed by atoms with van der Waals surface area (Å²) in [6.45, 7) is 8.21. The van der Waals surface area contributed by atoms with Gasteiger partial charge in [0.2, 0.25) is 5.95 Å². The second-order valence-corrected chi connectivity index (χ2v) is 7.33. The summed E-state index contributed by atoms with van der Waals surface area (Å²) in [6, 6.07) is 8.81. The minimum Gasteiger partial charge on any atom is -0.340 e. The average Bonchev–Trinajstić information content (AvgIpc) is 2.96. The normalized spacial score (nSPS) is 19.5. The Hall–Kier alpha value is -2.47. The molecule has 26 heavy (non-hydrogen) atoms. The van der Waals surface area contributed by atoms with Gasteiger partial charge in [0.05, 0.1) is 6.54 Å². The van der Waals surface area contributed by atoms with Crippen molar-refractivity contribution in [1.29, 1.82) is 0 Å². The average molecular weight is 350 g/mol. The number of anilines is 3. The molecule has 0 aliphatic carbocycles. The summed E-state index contributed by atoms with van der Waals surface area (Å²) in [5, 5.41) is 7.03. The zero-order valence-corrected chi connectivity index (χ0v) is 15.4. The van der Waals surface area contributed by atoms with Crippen molar-refractivity contribution in [1.82, 2.24) is 15.3 Å². The van der Waals surface area contributed by atoms with Gasteiger partial charge in [-0.2, -0.15) is 4.98 Å². The van der Waals surface area contributed by atoms with Crippen molar-refractivity contribution in [3.05, 3.63) is 41.6 Å². The molecule has 0 radical (unpaired) electrons. The minimum absolute atomic E-state index is 0.564. The highest BCUT2D eigenvalue weighted by molar-refractivity contribution is 5.86. The first-order chi connectivity index (χ1) is 12.7. The Morgan fingerprint density at radius 1 is 1.23 bits per heavy atom. The van der Waals surface area contributed by atoms with Crippen LogP contribution in [0.3, 0.4) is 0 Å². The molecule has 136 valence electrons. The van der Waals surface area contributed by atoms with Gasteiger partial charge in [-0.3, -0.25) is 4.99 Å². The minimum atomic E-state index is 0.564. The lowest BCUT2D eigenvalue weighted by atomic mass is 10.0. The summed E-state index contributed by atoms with van der Waals surface area (Å²) in [4.78, 5) is 15.8.